The number of carbonyl (C=O) groups is 1. The zero-order valence-corrected chi connectivity index (χ0v) is 17.8. The first-order valence-electron chi connectivity index (χ1n) is 9.51. The van der Waals surface area contributed by atoms with Gasteiger partial charge in [0.1, 0.15) is 6.61 Å². The third-order valence-corrected chi connectivity index (χ3v) is 5.18. The van der Waals surface area contributed by atoms with Gasteiger partial charge in [0.2, 0.25) is 0 Å². The van der Waals surface area contributed by atoms with E-state index in [9.17, 15) is 4.79 Å². The lowest BCUT2D eigenvalue weighted by Gasteiger charge is -2.15. The van der Waals surface area contributed by atoms with Crippen molar-refractivity contribution in [2.45, 2.75) is 13.5 Å². The van der Waals surface area contributed by atoms with Crippen LogP contribution in [0.3, 0.4) is 0 Å². The van der Waals surface area contributed by atoms with E-state index >= 15 is 0 Å². The van der Waals surface area contributed by atoms with Gasteiger partial charge in [-0.1, -0.05) is 53.5 Å². The summed E-state index contributed by atoms with van der Waals surface area (Å²) < 4.78 is 11.7. The molecule has 0 saturated heterocycles. The molecule has 0 unspecified atom stereocenters. The Morgan fingerprint density at radius 3 is 2.53 bits per heavy atom. The van der Waals surface area contributed by atoms with Crippen LogP contribution in [0, 0.1) is 0 Å². The number of anilines is 1. The van der Waals surface area contributed by atoms with E-state index in [-0.39, 0.29) is 5.91 Å². The van der Waals surface area contributed by atoms with Gasteiger partial charge in [0.25, 0.3) is 5.91 Å². The molecule has 0 radical (unpaired) electrons. The molecule has 0 atom stereocenters. The Balaban J connectivity index is 1.65. The molecule has 1 N–H and O–H groups in total. The normalized spacial score (nSPS) is 13.8. The first-order valence-corrected chi connectivity index (χ1v) is 10.3. The number of rotatable bonds is 6. The van der Waals surface area contributed by atoms with Crippen LogP contribution in [0.25, 0.3) is 11.6 Å². The molecule has 0 saturated carbocycles. The van der Waals surface area contributed by atoms with Crippen LogP contribution >= 0.6 is 23.2 Å². The summed E-state index contributed by atoms with van der Waals surface area (Å²) in [5.41, 5.74) is 3.96. The lowest BCUT2D eigenvalue weighted by atomic mass is 10.0. The second-order valence-electron chi connectivity index (χ2n) is 6.74. The number of carbonyl (C=O) groups excluding carboxylic acids is 1. The smallest absolute Gasteiger partial charge is 0.256 e. The number of para-hydroxylation sites is 1. The quantitative estimate of drug-likeness (QED) is 0.448. The summed E-state index contributed by atoms with van der Waals surface area (Å²) in [6.07, 6.45) is 1.80. The van der Waals surface area contributed by atoms with E-state index in [1.807, 2.05) is 61.5 Å². The number of halogens is 2. The molecule has 4 nitrogen and oxygen atoms in total. The Hall–Kier alpha value is -2.95. The van der Waals surface area contributed by atoms with Gasteiger partial charge in [-0.2, -0.15) is 0 Å². The third kappa shape index (κ3) is 4.30. The zero-order valence-electron chi connectivity index (χ0n) is 16.2. The van der Waals surface area contributed by atoms with Gasteiger partial charge in [0.05, 0.1) is 11.6 Å². The van der Waals surface area contributed by atoms with E-state index in [1.165, 1.54) is 0 Å². The van der Waals surface area contributed by atoms with Crippen molar-refractivity contribution < 1.29 is 14.3 Å². The van der Waals surface area contributed by atoms with Gasteiger partial charge in [0.15, 0.2) is 11.5 Å². The Labute approximate surface area is 185 Å². The van der Waals surface area contributed by atoms with Crippen LogP contribution in [0.15, 0.2) is 60.7 Å². The van der Waals surface area contributed by atoms with Crippen LogP contribution in [-0.2, 0) is 11.4 Å². The van der Waals surface area contributed by atoms with Gasteiger partial charge < -0.3 is 14.8 Å². The highest BCUT2D eigenvalue weighted by molar-refractivity contribution is 6.35. The maximum Gasteiger partial charge on any atom is 0.256 e. The van der Waals surface area contributed by atoms with Crippen LogP contribution in [0.2, 0.25) is 10.0 Å². The number of nitrogens with one attached hydrogen (secondary N) is 1. The summed E-state index contributed by atoms with van der Waals surface area (Å²) in [5.74, 6) is 0.845. The average Bonchev–Trinajstić information content (AvgIpc) is 3.04. The maximum atomic E-state index is 12.4. The summed E-state index contributed by atoms with van der Waals surface area (Å²) in [5, 5.41) is 3.95. The standard InChI is InChI=1S/C24H19Cl2NO3/c1-2-29-22-13-16(11-19-18-5-3-4-6-21(18)27-24(19)28)12-20(26)23(22)30-14-15-7-9-17(25)10-8-15/h3-13H,2,14H2,1H3,(H,27,28)/b19-11-. The Morgan fingerprint density at radius 2 is 1.77 bits per heavy atom. The van der Waals surface area contributed by atoms with Crippen molar-refractivity contribution in [2.75, 3.05) is 11.9 Å². The van der Waals surface area contributed by atoms with Gasteiger partial charge >= 0.3 is 0 Å². The van der Waals surface area contributed by atoms with E-state index < -0.39 is 0 Å². The lowest BCUT2D eigenvalue weighted by Crippen LogP contribution is -2.04. The van der Waals surface area contributed by atoms with Crippen LogP contribution in [0.4, 0.5) is 5.69 Å². The predicted octanol–water partition coefficient (Wildman–Crippen LogP) is 6.46. The van der Waals surface area contributed by atoms with Crippen molar-refractivity contribution in [3.63, 3.8) is 0 Å². The summed E-state index contributed by atoms with van der Waals surface area (Å²) >= 11 is 12.5. The van der Waals surface area contributed by atoms with Crippen LogP contribution in [-0.4, -0.2) is 12.5 Å². The Bertz CT molecular complexity index is 1120. The number of ether oxygens (including phenoxy) is 2. The minimum absolute atomic E-state index is 0.145. The highest BCUT2D eigenvalue weighted by atomic mass is 35.5. The third-order valence-electron chi connectivity index (χ3n) is 4.65. The number of fused-ring (bicyclic) bond motifs is 1. The van der Waals surface area contributed by atoms with Crippen molar-refractivity contribution in [1.29, 1.82) is 0 Å². The van der Waals surface area contributed by atoms with E-state index in [1.54, 1.807) is 12.1 Å². The van der Waals surface area contributed by atoms with Gasteiger partial charge in [-0.15, -0.1) is 0 Å². The van der Waals surface area contributed by atoms with Gasteiger partial charge in [-0.25, -0.2) is 0 Å². The fourth-order valence-corrected chi connectivity index (χ4v) is 3.66. The molecule has 0 fully saturated rings. The number of hydrogen-bond acceptors (Lipinski definition) is 3. The fourth-order valence-electron chi connectivity index (χ4n) is 3.26. The number of hydrogen-bond donors (Lipinski definition) is 1. The molecule has 0 aliphatic carbocycles. The second-order valence-corrected chi connectivity index (χ2v) is 7.58. The first kappa shape index (κ1) is 20.3. The molecule has 0 aromatic heterocycles. The Morgan fingerprint density at radius 1 is 1.00 bits per heavy atom. The minimum atomic E-state index is -0.145. The van der Waals surface area contributed by atoms with Crippen LogP contribution in [0.5, 0.6) is 11.5 Å². The topological polar surface area (TPSA) is 47.6 Å². The maximum absolute atomic E-state index is 12.4. The van der Waals surface area contributed by atoms with Crippen molar-refractivity contribution in [3.05, 3.63) is 87.4 Å². The molecule has 1 amide bonds. The molecule has 0 bridgehead atoms. The molecule has 6 heteroatoms. The van der Waals surface area contributed by atoms with E-state index in [0.29, 0.717) is 40.3 Å². The Kier molecular flexibility index (Phi) is 5.98. The highest BCUT2D eigenvalue weighted by Crippen LogP contribution is 2.39. The molecule has 1 aliphatic rings. The summed E-state index contributed by atoms with van der Waals surface area (Å²) in [4.78, 5) is 12.4. The molecule has 1 heterocycles. The molecular weight excluding hydrogens is 421 g/mol. The minimum Gasteiger partial charge on any atom is -0.490 e. The van der Waals surface area contributed by atoms with Gasteiger partial charge in [-0.3, -0.25) is 4.79 Å². The summed E-state index contributed by atoms with van der Waals surface area (Å²) in [6, 6.07) is 18.6. The van der Waals surface area contributed by atoms with E-state index in [2.05, 4.69) is 5.32 Å². The molecule has 152 valence electrons. The van der Waals surface area contributed by atoms with Crippen LogP contribution < -0.4 is 14.8 Å². The summed E-state index contributed by atoms with van der Waals surface area (Å²) in [7, 11) is 0. The number of benzene rings is 3. The lowest BCUT2D eigenvalue weighted by molar-refractivity contribution is -0.110. The first-order chi connectivity index (χ1) is 14.5. The fraction of sp³-hybridized carbons (Fsp3) is 0.125. The van der Waals surface area contributed by atoms with Crippen molar-refractivity contribution in [2.24, 2.45) is 0 Å². The van der Waals surface area contributed by atoms with Crippen molar-refractivity contribution >= 4 is 46.4 Å². The second kappa shape index (κ2) is 8.82. The molecule has 3 aromatic carbocycles. The van der Waals surface area contributed by atoms with Gasteiger partial charge in [-0.05, 0) is 54.5 Å². The largest absolute Gasteiger partial charge is 0.490 e. The van der Waals surface area contributed by atoms with Gasteiger partial charge in [0, 0.05) is 21.8 Å². The SMILES string of the molecule is CCOc1cc(/C=C2\C(=O)Nc3ccccc32)cc(Cl)c1OCc1ccc(Cl)cc1. The summed E-state index contributed by atoms with van der Waals surface area (Å²) in [6.45, 7) is 2.67. The van der Waals surface area contributed by atoms with E-state index in [4.69, 9.17) is 32.7 Å². The average molecular weight is 440 g/mol. The molecule has 30 heavy (non-hydrogen) atoms. The van der Waals surface area contributed by atoms with E-state index in [0.717, 1.165) is 22.4 Å². The highest BCUT2D eigenvalue weighted by Gasteiger charge is 2.23. The molecule has 3 aromatic rings. The molecule has 1 aliphatic heterocycles. The van der Waals surface area contributed by atoms with Crippen molar-refractivity contribution in [1.82, 2.24) is 0 Å². The zero-order chi connectivity index (χ0) is 21.1. The number of amides is 1. The van der Waals surface area contributed by atoms with Crippen molar-refractivity contribution in [3.8, 4) is 11.5 Å². The molecular formula is C24H19Cl2NO3. The molecule has 4 rings (SSSR count). The predicted molar refractivity (Wildman–Crippen MR) is 121 cm³/mol. The molecule has 0 spiro atoms. The monoisotopic (exact) mass is 439 g/mol. The van der Waals surface area contributed by atoms with Crippen LogP contribution in [0.1, 0.15) is 23.6 Å².